The van der Waals surface area contributed by atoms with E-state index in [0.29, 0.717) is 10.7 Å². The number of hydrazone groups is 1. The van der Waals surface area contributed by atoms with Gasteiger partial charge < -0.3 is 5.11 Å². The predicted molar refractivity (Wildman–Crippen MR) is 92.1 cm³/mol. The van der Waals surface area contributed by atoms with Crippen LogP contribution in [0.15, 0.2) is 53.6 Å². The average Bonchev–Trinajstić information content (AvgIpc) is 2.98. The van der Waals surface area contributed by atoms with Gasteiger partial charge in [-0.1, -0.05) is 35.6 Å². The lowest BCUT2D eigenvalue weighted by Gasteiger charge is -2.00. The van der Waals surface area contributed by atoms with E-state index in [-0.39, 0.29) is 5.75 Å². The van der Waals surface area contributed by atoms with Crippen LogP contribution >= 0.6 is 11.3 Å². The maximum Gasteiger partial charge on any atom is 0.329 e. The van der Waals surface area contributed by atoms with E-state index in [2.05, 4.69) is 20.8 Å². The molecule has 2 aromatic carbocycles. The number of carbonyl (C=O) groups is 2. The van der Waals surface area contributed by atoms with E-state index < -0.39 is 11.8 Å². The number of hydrogen-bond acceptors (Lipinski definition) is 6. The Bertz CT molecular complexity index is 903. The summed E-state index contributed by atoms with van der Waals surface area (Å²) in [5, 5.41) is 16.0. The first-order chi connectivity index (χ1) is 11.6. The molecule has 7 nitrogen and oxygen atoms in total. The Hall–Kier alpha value is -3.26. The van der Waals surface area contributed by atoms with E-state index >= 15 is 0 Å². The number of amides is 2. The van der Waals surface area contributed by atoms with Gasteiger partial charge in [0.1, 0.15) is 5.75 Å². The van der Waals surface area contributed by atoms with Gasteiger partial charge in [-0.2, -0.15) is 5.10 Å². The first kappa shape index (κ1) is 15.6. The highest BCUT2D eigenvalue weighted by atomic mass is 32.1. The summed E-state index contributed by atoms with van der Waals surface area (Å²) in [5.74, 6) is -1.78. The van der Waals surface area contributed by atoms with Crippen molar-refractivity contribution >= 4 is 44.7 Å². The Kier molecular flexibility index (Phi) is 4.48. The molecule has 3 N–H and O–H groups in total. The summed E-state index contributed by atoms with van der Waals surface area (Å²) >= 11 is 1.27. The molecular formula is C16H12N4O3S. The van der Waals surface area contributed by atoms with Crippen molar-refractivity contribution in [2.75, 3.05) is 5.32 Å². The van der Waals surface area contributed by atoms with Gasteiger partial charge in [-0.25, -0.2) is 10.4 Å². The van der Waals surface area contributed by atoms with E-state index in [1.165, 1.54) is 23.6 Å². The topological polar surface area (TPSA) is 104 Å². The van der Waals surface area contributed by atoms with Crippen molar-refractivity contribution in [3.8, 4) is 5.75 Å². The van der Waals surface area contributed by atoms with E-state index in [0.717, 1.165) is 10.2 Å². The summed E-state index contributed by atoms with van der Waals surface area (Å²) in [5.41, 5.74) is 3.26. The van der Waals surface area contributed by atoms with Crippen molar-refractivity contribution in [3.63, 3.8) is 0 Å². The Morgan fingerprint density at radius 2 is 1.83 bits per heavy atom. The molecule has 0 aliphatic heterocycles. The van der Waals surface area contributed by atoms with Crippen molar-refractivity contribution in [2.45, 2.75) is 0 Å². The molecule has 1 heterocycles. The molecule has 0 bridgehead atoms. The van der Waals surface area contributed by atoms with Crippen LogP contribution in [0.3, 0.4) is 0 Å². The largest absolute Gasteiger partial charge is 0.507 e. The van der Waals surface area contributed by atoms with Gasteiger partial charge in [0.2, 0.25) is 0 Å². The van der Waals surface area contributed by atoms with E-state index in [9.17, 15) is 14.7 Å². The van der Waals surface area contributed by atoms with Crippen LogP contribution < -0.4 is 10.7 Å². The summed E-state index contributed by atoms with van der Waals surface area (Å²) in [6.07, 6.45) is 1.25. The van der Waals surface area contributed by atoms with Crippen molar-refractivity contribution in [1.29, 1.82) is 0 Å². The number of nitrogens with one attached hydrogen (secondary N) is 2. The molecular weight excluding hydrogens is 328 g/mol. The van der Waals surface area contributed by atoms with Crippen molar-refractivity contribution < 1.29 is 14.7 Å². The third-order valence-corrected chi connectivity index (χ3v) is 3.98. The number of aromatic nitrogens is 1. The van der Waals surface area contributed by atoms with Crippen LogP contribution in [0.5, 0.6) is 5.75 Å². The third kappa shape index (κ3) is 3.55. The normalized spacial score (nSPS) is 10.8. The van der Waals surface area contributed by atoms with Gasteiger partial charge in [-0.05, 0) is 24.3 Å². The molecule has 3 aromatic rings. The summed E-state index contributed by atoms with van der Waals surface area (Å²) < 4.78 is 0.908. The molecule has 0 aliphatic rings. The molecule has 0 spiro atoms. The maximum atomic E-state index is 11.8. The number of fused-ring (bicyclic) bond motifs is 1. The highest BCUT2D eigenvalue weighted by molar-refractivity contribution is 7.22. The molecule has 3 rings (SSSR count). The predicted octanol–water partition coefficient (Wildman–Crippen LogP) is 2.09. The summed E-state index contributed by atoms with van der Waals surface area (Å²) in [7, 11) is 0. The van der Waals surface area contributed by atoms with Crippen LogP contribution in [0, 0.1) is 0 Å². The molecule has 0 radical (unpaired) electrons. The van der Waals surface area contributed by atoms with Gasteiger partial charge in [0, 0.05) is 5.56 Å². The first-order valence-electron chi connectivity index (χ1n) is 6.91. The Labute approximate surface area is 140 Å². The number of phenolic OH excluding ortho intramolecular Hbond substituents is 1. The Balaban J connectivity index is 1.60. The minimum absolute atomic E-state index is 0.0226. The summed E-state index contributed by atoms with van der Waals surface area (Å²) in [4.78, 5) is 27.7. The second kappa shape index (κ2) is 6.88. The minimum Gasteiger partial charge on any atom is -0.507 e. The summed E-state index contributed by atoms with van der Waals surface area (Å²) in [6.45, 7) is 0. The zero-order chi connectivity index (χ0) is 16.9. The van der Waals surface area contributed by atoms with E-state index in [1.54, 1.807) is 18.2 Å². The minimum atomic E-state index is -0.930. The molecule has 2 amide bonds. The number of carbonyl (C=O) groups excluding carboxylic acids is 2. The van der Waals surface area contributed by atoms with Crippen LogP contribution in [0.4, 0.5) is 5.13 Å². The van der Waals surface area contributed by atoms with Crippen molar-refractivity contribution in [2.24, 2.45) is 5.10 Å². The molecule has 0 saturated carbocycles. The quantitative estimate of drug-likeness (QED) is 0.386. The number of aromatic hydroxyl groups is 1. The molecule has 1 aromatic heterocycles. The smallest absolute Gasteiger partial charge is 0.329 e. The highest BCUT2D eigenvalue weighted by Crippen LogP contribution is 2.25. The fourth-order valence-electron chi connectivity index (χ4n) is 1.89. The zero-order valence-electron chi connectivity index (χ0n) is 12.3. The number of anilines is 1. The molecule has 0 aliphatic carbocycles. The van der Waals surface area contributed by atoms with Crippen LogP contribution in [0.2, 0.25) is 0 Å². The monoisotopic (exact) mass is 340 g/mol. The second-order valence-electron chi connectivity index (χ2n) is 4.70. The van der Waals surface area contributed by atoms with Gasteiger partial charge in [-0.15, -0.1) is 0 Å². The molecule has 8 heteroatoms. The fourth-order valence-corrected chi connectivity index (χ4v) is 2.75. The second-order valence-corrected chi connectivity index (χ2v) is 5.73. The van der Waals surface area contributed by atoms with E-state index in [1.807, 2.05) is 24.3 Å². The number of hydrogen-bond donors (Lipinski definition) is 3. The van der Waals surface area contributed by atoms with Crippen LogP contribution in [-0.2, 0) is 9.59 Å². The lowest BCUT2D eigenvalue weighted by Crippen LogP contribution is -2.32. The third-order valence-electron chi connectivity index (χ3n) is 3.03. The number of rotatable bonds is 3. The lowest BCUT2D eigenvalue weighted by molar-refractivity contribution is -0.136. The van der Waals surface area contributed by atoms with Crippen LogP contribution in [-0.4, -0.2) is 28.1 Å². The van der Waals surface area contributed by atoms with Gasteiger partial charge in [-0.3, -0.25) is 14.9 Å². The molecule has 120 valence electrons. The zero-order valence-corrected chi connectivity index (χ0v) is 13.1. The number of para-hydroxylation sites is 2. The van der Waals surface area contributed by atoms with Crippen molar-refractivity contribution in [3.05, 3.63) is 54.1 Å². The fraction of sp³-hybridized carbons (Fsp3) is 0. The molecule has 0 fully saturated rings. The van der Waals surface area contributed by atoms with E-state index in [4.69, 9.17) is 0 Å². The Morgan fingerprint density at radius 1 is 1.08 bits per heavy atom. The van der Waals surface area contributed by atoms with Gasteiger partial charge in [0.15, 0.2) is 5.13 Å². The van der Waals surface area contributed by atoms with Crippen LogP contribution in [0.25, 0.3) is 10.2 Å². The molecule has 24 heavy (non-hydrogen) atoms. The highest BCUT2D eigenvalue weighted by Gasteiger charge is 2.15. The average molecular weight is 340 g/mol. The van der Waals surface area contributed by atoms with Gasteiger partial charge in [0.25, 0.3) is 0 Å². The first-order valence-corrected chi connectivity index (χ1v) is 7.73. The number of thiazole rings is 1. The number of nitrogens with zero attached hydrogens (tertiary/aromatic N) is 2. The SMILES string of the molecule is O=C(NN=Cc1ccccc1O)C(=O)Nc1nc2ccccc2s1. The standard InChI is InChI=1S/C16H12N4O3S/c21-12-7-3-1-5-10(12)9-17-20-15(23)14(22)19-16-18-11-6-2-4-8-13(11)24-16/h1-9,21H,(H,20,23)(H,18,19,22). The summed E-state index contributed by atoms with van der Waals surface area (Å²) in [6, 6.07) is 13.9. The maximum absolute atomic E-state index is 11.8. The molecule has 0 unspecified atom stereocenters. The van der Waals surface area contributed by atoms with Gasteiger partial charge in [0.05, 0.1) is 16.4 Å². The number of phenols is 1. The molecule has 0 atom stereocenters. The Morgan fingerprint density at radius 3 is 2.62 bits per heavy atom. The molecule has 0 saturated heterocycles. The van der Waals surface area contributed by atoms with Crippen LogP contribution in [0.1, 0.15) is 5.56 Å². The van der Waals surface area contributed by atoms with Crippen molar-refractivity contribution in [1.82, 2.24) is 10.4 Å². The lowest BCUT2D eigenvalue weighted by atomic mass is 10.2. The van der Waals surface area contributed by atoms with Gasteiger partial charge >= 0.3 is 11.8 Å². The number of benzene rings is 2.